The van der Waals surface area contributed by atoms with Gasteiger partial charge in [-0.15, -0.1) is 0 Å². The molecule has 0 unspecified atom stereocenters. The predicted octanol–water partition coefficient (Wildman–Crippen LogP) is 5.71. The Hall–Kier alpha value is -3.74. The summed E-state index contributed by atoms with van der Waals surface area (Å²) in [7, 11) is 0. The van der Waals surface area contributed by atoms with Gasteiger partial charge in [0.2, 0.25) is 0 Å². The summed E-state index contributed by atoms with van der Waals surface area (Å²) in [5, 5.41) is 7.91. The summed E-state index contributed by atoms with van der Waals surface area (Å²) in [6.07, 6.45) is 4.05. The summed E-state index contributed by atoms with van der Waals surface area (Å²) < 4.78 is 0. The highest BCUT2D eigenvalue weighted by Gasteiger charge is 2.24. The highest BCUT2D eigenvalue weighted by molar-refractivity contribution is 6.07. The molecule has 3 aromatic carbocycles. The molecule has 6 heteroatoms. The molecule has 6 nitrogen and oxygen atoms in total. The van der Waals surface area contributed by atoms with Gasteiger partial charge in [-0.25, -0.2) is 4.98 Å². The molecule has 206 valence electrons. The van der Waals surface area contributed by atoms with Gasteiger partial charge < -0.3 is 10.6 Å². The van der Waals surface area contributed by atoms with E-state index >= 15 is 0 Å². The van der Waals surface area contributed by atoms with Crippen LogP contribution in [0, 0.1) is 0 Å². The lowest BCUT2D eigenvalue weighted by Crippen LogP contribution is -2.44. The van der Waals surface area contributed by atoms with Crippen LogP contribution >= 0.6 is 0 Å². The Kier molecular flexibility index (Phi) is 8.36. The number of rotatable bonds is 8. The monoisotopic (exact) mass is 533 g/mol. The zero-order chi connectivity index (χ0) is 27.1. The third kappa shape index (κ3) is 6.69. The molecular weight excluding hydrogens is 494 g/mol. The molecule has 0 spiro atoms. The molecule has 0 bridgehead atoms. The van der Waals surface area contributed by atoms with E-state index in [0.29, 0.717) is 11.6 Å². The number of nitrogens with zero attached hydrogens (tertiary/aromatic N) is 3. The van der Waals surface area contributed by atoms with Crippen molar-refractivity contribution in [3.8, 4) is 0 Å². The Morgan fingerprint density at radius 1 is 0.700 bits per heavy atom. The van der Waals surface area contributed by atoms with E-state index < -0.39 is 0 Å². The summed E-state index contributed by atoms with van der Waals surface area (Å²) in [5.41, 5.74) is 4.27. The number of hydrogen-bond donors (Lipinski definition) is 2. The van der Waals surface area contributed by atoms with Gasteiger partial charge in [-0.2, -0.15) is 0 Å². The lowest BCUT2D eigenvalue weighted by molar-refractivity contribution is 0.0910. The van der Waals surface area contributed by atoms with Crippen molar-refractivity contribution >= 4 is 22.6 Å². The summed E-state index contributed by atoms with van der Waals surface area (Å²) in [4.78, 5) is 23.5. The Morgan fingerprint density at radius 3 is 1.82 bits per heavy atom. The van der Waals surface area contributed by atoms with E-state index in [1.807, 2.05) is 30.3 Å². The first-order valence-corrected chi connectivity index (χ1v) is 14.7. The molecule has 0 radical (unpaired) electrons. The van der Waals surface area contributed by atoms with Crippen LogP contribution in [-0.2, 0) is 13.1 Å². The first kappa shape index (κ1) is 26.5. The Bertz CT molecular complexity index is 1390. The zero-order valence-electron chi connectivity index (χ0n) is 23.1. The average molecular weight is 534 g/mol. The van der Waals surface area contributed by atoms with E-state index in [1.165, 1.54) is 11.1 Å². The van der Waals surface area contributed by atoms with E-state index in [2.05, 4.69) is 81.1 Å². The van der Waals surface area contributed by atoms with Gasteiger partial charge in [0.05, 0.1) is 11.1 Å². The molecule has 2 aliphatic rings. The maximum atomic E-state index is 13.6. The molecule has 40 heavy (non-hydrogen) atoms. The van der Waals surface area contributed by atoms with Gasteiger partial charge in [0.15, 0.2) is 0 Å². The third-order valence-corrected chi connectivity index (χ3v) is 8.32. The number of para-hydroxylation sites is 1. The van der Waals surface area contributed by atoms with Crippen LogP contribution in [0.1, 0.15) is 47.2 Å². The van der Waals surface area contributed by atoms with Crippen molar-refractivity contribution in [2.75, 3.05) is 31.5 Å². The molecule has 0 atom stereocenters. The largest absolute Gasteiger partial charge is 0.367 e. The van der Waals surface area contributed by atoms with Crippen LogP contribution in [0.25, 0.3) is 10.9 Å². The van der Waals surface area contributed by atoms with E-state index in [1.54, 1.807) is 0 Å². The van der Waals surface area contributed by atoms with Crippen LogP contribution in [0.2, 0.25) is 0 Å². The van der Waals surface area contributed by atoms with Crippen molar-refractivity contribution in [2.45, 2.75) is 50.9 Å². The summed E-state index contributed by atoms with van der Waals surface area (Å²) >= 11 is 0. The maximum absolute atomic E-state index is 13.6. The van der Waals surface area contributed by atoms with Crippen LogP contribution in [0.3, 0.4) is 0 Å². The van der Waals surface area contributed by atoms with E-state index in [4.69, 9.17) is 4.98 Å². The van der Waals surface area contributed by atoms with Crippen molar-refractivity contribution < 1.29 is 4.79 Å². The summed E-state index contributed by atoms with van der Waals surface area (Å²) in [6, 6.07) is 31.8. The van der Waals surface area contributed by atoms with E-state index in [9.17, 15) is 4.79 Å². The van der Waals surface area contributed by atoms with Crippen LogP contribution in [-0.4, -0.2) is 59.0 Å². The minimum absolute atomic E-state index is 0.000778. The van der Waals surface area contributed by atoms with Gasteiger partial charge in [-0.1, -0.05) is 78.9 Å². The fraction of sp³-hybridized carbons (Fsp3) is 0.353. The average Bonchev–Trinajstić information content (AvgIpc) is 3.00. The van der Waals surface area contributed by atoms with Crippen molar-refractivity contribution in [2.24, 2.45) is 0 Å². The number of nitrogens with one attached hydrogen (secondary N) is 2. The van der Waals surface area contributed by atoms with Crippen LogP contribution in [0.4, 0.5) is 5.82 Å². The molecule has 2 fully saturated rings. The number of piperidine rings is 2. The molecule has 1 amide bonds. The van der Waals surface area contributed by atoms with Crippen molar-refractivity contribution in [1.82, 2.24) is 20.1 Å². The van der Waals surface area contributed by atoms with Gasteiger partial charge in [0.1, 0.15) is 5.82 Å². The highest BCUT2D eigenvalue weighted by atomic mass is 16.1. The minimum atomic E-state index is 0.000778. The van der Waals surface area contributed by atoms with E-state index in [0.717, 1.165) is 81.7 Å². The molecule has 3 heterocycles. The number of anilines is 1. The SMILES string of the molecule is O=C(NC1CCN(Cc2ccccc2)CC1)c1cc(NC2CCN(Cc3ccccc3)CC2)nc2ccccc12. The number of pyridine rings is 1. The molecule has 0 saturated carbocycles. The smallest absolute Gasteiger partial charge is 0.252 e. The van der Waals surface area contributed by atoms with Gasteiger partial charge in [-0.3, -0.25) is 14.6 Å². The van der Waals surface area contributed by atoms with Crippen molar-refractivity contribution in [3.63, 3.8) is 0 Å². The normalized spacial score (nSPS) is 17.6. The van der Waals surface area contributed by atoms with Gasteiger partial charge in [-0.05, 0) is 48.9 Å². The van der Waals surface area contributed by atoms with Crippen molar-refractivity contribution in [1.29, 1.82) is 0 Å². The quantitative estimate of drug-likeness (QED) is 0.304. The molecule has 2 aliphatic heterocycles. The Morgan fingerprint density at radius 2 is 1.23 bits per heavy atom. The number of benzene rings is 3. The second-order valence-corrected chi connectivity index (χ2v) is 11.3. The molecule has 1 aromatic heterocycles. The van der Waals surface area contributed by atoms with Gasteiger partial charge >= 0.3 is 0 Å². The van der Waals surface area contributed by atoms with Gasteiger partial charge in [0, 0.05) is 56.7 Å². The number of amides is 1. The number of fused-ring (bicyclic) bond motifs is 1. The predicted molar refractivity (Wildman–Crippen MR) is 162 cm³/mol. The zero-order valence-corrected chi connectivity index (χ0v) is 23.1. The fourth-order valence-corrected chi connectivity index (χ4v) is 6.06. The highest BCUT2D eigenvalue weighted by Crippen LogP contribution is 2.24. The Labute approximate surface area is 237 Å². The lowest BCUT2D eigenvalue weighted by atomic mass is 10.0. The van der Waals surface area contributed by atoms with E-state index in [-0.39, 0.29) is 11.9 Å². The third-order valence-electron chi connectivity index (χ3n) is 8.32. The lowest BCUT2D eigenvalue weighted by Gasteiger charge is -2.33. The summed E-state index contributed by atoms with van der Waals surface area (Å²) in [6.45, 7) is 6.06. The summed E-state index contributed by atoms with van der Waals surface area (Å²) in [5.74, 6) is 0.795. The molecule has 2 N–H and O–H groups in total. The second kappa shape index (κ2) is 12.6. The molecule has 2 saturated heterocycles. The van der Waals surface area contributed by atoms with Crippen LogP contribution < -0.4 is 10.6 Å². The second-order valence-electron chi connectivity index (χ2n) is 11.3. The topological polar surface area (TPSA) is 60.5 Å². The number of hydrogen-bond acceptors (Lipinski definition) is 5. The maximum Gasteiger partial charge on any atom is 0.252 e. The number of aromatic nitrogens is 1. The molecule has 4 aromatic rings. The first-order valence-electron chi connectivity index (χ1n) is 14.7. The van der Waals surface area contributed by atoms with Crippen molar-refractivity contribution in [3.05, 3.63) is 108 Å². The molecule has 6 rings (SSSR count). The minimum Gasteiger partial charge on any atom is -0.367 e. The van der Waals surface area contributed by atoms with Crippen LogP contribution in [0.5, 0.6) is 0 Å². The number of carbonyl (C=O) groups excluding carboxylic acids is 1. The molecule has 0 aliphatic carbocycles. The molecular formula is C34H39N5O. The number of likely N-dealkylation sites (tertiary alicyclic amines) is 2. The van der Waals surface area contributed by atoms with Crippen LogP contribution in [0.15, 0.2) is 91.0 Å². The standard InChI is InChI=1S/C34H39N5O/c40-34(36-29-17-21-39(22-18-29)25-27-11-5-2-6-12-27)31-23-33(37-32-14-8-7-13-30(31)32)35-28-15-19-38(20-16-28)24-26-9-3-1-4-10-26/h1-14,23,28-29H,15-22,24-25H2,(H,35,37)(H,36,40). The fourth-order valence-electron chi connectivity index (χ4n) is 6.06. The Balaban J connectivity index is 1.07. The van der Waals surface area contributed by atoms with Gasteiger partial charge in [0.25, 0.3) is 5.91 Å². The number of carbonyl (C=O) groups is 1. The first-order chi connectivity index (χ1) is 19.7.